The molecule has 1 aliphatic heterocycles. The number of benzene rings is 1. The van der Waals surface area contributed by atoms with Gasteiger partial charge in [-0.25, -0.2) is 19.3 Å². The Morgan fingerprint density at radius 2 is 2.11 bits per heavy atom. The Labute approximate surface area is 212 Å². The molecule has 2 N–H and O–H groups in total. The summed E-state index contributed by atoms with van der Waals surface area (Å²) in [5, 5.41) is 4.37. The molecule has 186 valence electrons. The number of likely N-dealkylation sites (tertiary alicyclic amines) is 1. The number of carbonyl (C=O) groups excluding carboxylic acids is 1. The second-order valence-corrected chi connectivity index (χ2v) is 9.29. The standard InChI is InChI=1S/C26H26ClFN6O2/c27-19-9-20-21(12-31-24(20)30-11-19)25-32-13-22(28)26(33-25)29-10-18-7-4-8-34(14-18)23(35)16-36-15-17-5-2-1-3-6-17/h1-3,5-6,9,11-13,18H,4,7-8,10,14-16H2,(H,30,31)(H,29,32,33)/t18-/m1/s1. The fourth-order valence-corrected chi connectivity index (χ4v) is 4.56. The molecule has 4 heterocycles. The largest absolute Gasteiger partial charge is 0.367 e. The van der Waals surface area contributed by atoms with Gasteiger partial charge in [-0.15, -0.1) is 0 Å². The topological polar surface area (TPSA) is 96.0 Å². The van der Waals surface area contributed by atoms with Gasteiger partial charge in [0.1, 0.15) is 12.3 Å². The van der Waals surface area contributed by atoms with E-state index in [1.54, 1.807) is 18.5 Å². The molecule has 3 aromatic heterocycles. The van der Waals surface area contributed by atoms with Gasteiger partial charge in [-0.2, -0.15) is 0 Å². The van der Waals surface area contributed by atoms with Crippen LogP contribution in [0.3, 0.4) is 0 Å². The summed E-state index contributed by atoms with van der Waals surface area (Å²) < 4.78 is 20.1. The summed E-state index contributed by atoms with van der Waals surface area (Å²) in [6, 6.07) is 11.5. The molecule has 1 aromatic carbocycles. The number of anilines is 1. The molecule has 0 aliphatic carbocycles. The monoisotopic (exact) mass is 508 g/mol. The normalized spacial score (nSPS) is 15.8. The maximum Gasteiger partial charge on any atom is 0.248 e. The van der Waals surface area contributed by atoms with Gasteiger partial charge in [0.2, 0.25) is 5.91 Å². The maximum atomic E-state index is 14.5. The minimum absolute atomic E-state index is 0.0299. The predicted octanol–water partition coefficient (Wildman–Crippen LogP) is 4.68. The third kappa shape index (κ3) is 5.63. The minimum Gasteiger partial charge on any atom is -0.367 e. The Kier molecular flexibility index (Phi) is 7.39. The quantitative estimate of drug-likeness (QED) is 0.359. The van der Waals surface area contributed by atoms with Gasteiger partial charge in [0.05, 0.1) is 17.8 Å². The molecular formula is C26H26ClFN6O2. The summed E-state index contributed by atoms with van der Waals surface area (Å²) in [7, 11) is 0. The molecule has 0 bridgehead atoms. The number of nitrogens with one attached hydrogen (secondary N) is 2. The first kappa shape index (κ1) is 24.1. The Morgan fingerprint density at radius 3 is 2.97 bits per heavy atom. The molecule has 0 saturated carbocycles. The molecule has 0 spiro atoms. The van der Waals surface area contributed by atoms with Crippen LogP contribution in [0.2, 0.25) is 5.02 Å². The molecule has 1 fully saturated rings. The number of nitrogens with zero attached hydrogens (tertiary/aromatic N) is 4. The minimum atomic E-state index is -0.534. The number of rotatable bonds is 8. The van der Waals surface area contributed by atoms with Crippen molar-refractivity contribution in [3.05, 3.63) is 71.4 Å². The van der Waals surface area contributed by atoms with Crippen molar-refractivity contribution in [3.8, 4) is 11.4 Å². The van der Waals surface area contributed by atoms with Crippen LogP contribution in [0, 0.1) is 11.7 Å². The molecule has 36 heavy (non-hydrogen) atoms. The number of halogens is 2. The summed E-state index contributed by atoms with van der Waals surface area (Å²) in [4.78, 5) is 30.4. The van der Waals surface area contributed by atoms with Crippen LogP contribution >= 0.6 is 11.6 Å². The SMILES string of the molecule is O=C(COCc1ccccc1)N1CCC[C@H](CNc2nc(-c3c[nH]c4ncc(Cl)cc34)ncc2F)C1. The predicted molar refractivity (Wildman–Crippen MR) is 136 cm³/mol. The Hall–Kier alpha value is -3.56. The van der Waals surface area contributed by atoms with Crippen LogP contribution in [-0.2, 0) is 16.1 Å². The van der Waals surface area contributed by atoms with Crippen LogP contribution in [0.1, 0.15) is 18.4 Å². The van der Waals surface area contributed by atoms with Crippen LogP contribution in [0.5, 0.6) is 0 Å². The van der Waals surface area contributed by atoms with Crippen molar-refractivity contribution in [3.63, 3.8) is 0 Å². The number of piperidine rings is 1. The van der Waals surface area contributed by atoms with Gasteiger partial charge >= 0.3 is 0 Å². The summed E-state index contributed by atoms with van der Waals surface area (Å²) in [6.07, 6.45) is 6.26. The van der Waals surface area contributed by atoms with Crippen molar-refractivity contribution < 1.29 is 13.9 Å². The van der Waals surface area contributed by atoms with E-state index in [9.17, 15) is 9.18 Å². The molecule has 1 atom stereocenters. The van der Waals surface area contributed by atoms with Crippen molar-refractivity contribution in [2.45, 2.75) is 19.4 Å². The Morgan fingerprint density at radius 1 is 1.25 bits per heavy atom. The number of H-pyrrole nitrogens is 1. The highest BCUT2D eigenvalue weighted by molar-refractivity contribution is 6.31. The molecule has 8 nitrogen and oxygen atoms in total. The summed E-state index contributed by atoms with van der Waals surface area (Å²) in [6.45, 7) is 2.23. The van der Waals surface area contributed by atoms with Gasteiger partial charge in [-0.1, -0.05) is 41.9 Å². The summed E-state index contributed by atoms with van der Waals surface area (Å²) in [5.41, 5.74) is 2.37. The Balaban J connectivity index is 1.18. The van der Waals surface area contributed by atoms with Crippen LogP contribution in [0.4, 0.5) is 10.2 Å². The zero-order valence-electron chi connectivity index (χ0n) is 19.6. The van der Waals surface area contributed by atoms with Crippen LogP contribution in [-0.4, -0.2) is 57.0 Å². The van der Waals surface area contributed by atoms with E-state index in [-0.39, 0.29) is 24.2 Å². The molecule has 0 radical (unpaired) electrons. The molecule has 5 rings (SSSR count). The fourth-order valence-electron chi connectivity index (χ4n) is 4.40. The highest BCUT2D eigenvalue weighted by Crippen LogP contribution is 2.28. The third-order valence-electron chi connectivity index (χ3n) is 6.25. The maximum absolute atomic E-state index is 14.5. The van der Waals surface area contributed by atoms with Crippen molar-refractivity contribution in [2.24, 2.45) is 5.92 Å². The number of aromatic nitrogens is 4. The smallest absolute Gasteiger partial charge is 0.248 e. The first-order valence-electron chi connectivity index (χ1n) is 11.9. The number of hydrogen-bond acceptors (Lipinski definition) is 6. The second-order valence-electron chi connectivity index (χ2n) is 8.85. The average Bonchev–Trinajstić information content (AvgIpc) is 3.32. The van der Waals surface area contributed by atoms with Crippen LogP contribution < -0.4 is 5.32 Å². The molecule has 0 unspecified atom stereocenters. The first-order valence-corrected chi connectivity index (χ1v) is 12.2. The molecule has 10 heteroatoms. The number of amides is 1. The lowest BCUT2D eigenvalue weighted by molar-refractivity contribution is -0.138. The van der Waals surface area contributed by atoms with Gasteiger partial charge in [-0.05, 0) is 30.4 Å². The van der Waals surface area contributed by atoms with Gasteiger partial charge in [0.15, 0.2) is 17.5 Å². The first-order chi connectivity index (χ1) is 17.6. The lowest BCUT2D eigenvalue weighted by Crippen LogP contribution is -2.43. The highest BCUT2D eigenvalue weighted by Gasteiger charge is 2.24. The molecule has 1 aliphatic rings. The van der Waals surface area contributed by atoms with Crippen LogP contribution in [0.25, 0.3) is 22.4 Å². The Bertz CT molecular complexity index is 1350. The van der Waals surface area contributed by atoms with Crippen molar-refractivity contribution >= 4 is 34.4 Å². The third-order valence-corrected chi connectivity index (χ3v) is 6.46. The van der Waals surface area contributed by atoms with Crippen molar-refractivity contribution in [1.29, 1.82) is 0 Å². The number of carbonyl (C=O) groups is 1. The van der Waals surface area contributed by atoms with E-state index in [4.69, 9.17) is 16.3 Å². The zero-order valence-corrected chi connectivity index (χ0v) is 20.3. The van der Waals surface area contributed by atoms with Gasteiger partial charge < -0.3 is 19.9 Å². The molecule has 1 saturated heterocycles. The molecular weight excluding hydrogens is 483 g/mol. The average molecular weight is 509 g/mol. The number of ether oxygens (including phenoxy) is 1. The van der Waals surface area contributed by atoms with Gasteiger partial charge in [0.25, 0.3) is 0 Å². The number of hydrogen-bond donors (Lipinski definition) is 2. The van der Waals surface area contributed by atoms with Gasteiger partial charge in [-0.3, -0.25) is 4.79 Å². The summed E-state index contributed by atoms with van der Waals surface area (Å²) >= 11 is 6.09. The number of aromatic amines is 1. The van der Waals surface area contributed by atoms with E-state index in [1.807, 2.05) is 35.2 Å². The highest BCUT2D eigenvalue weighted by atomic mass is 35.5. The van der Waals surface area contributed by atoms with E-state index in [0.717, 1.165) is 30.0 Å². The second kappa shape index (κ2) is 11.0. The molecule has 4 aromatic rings. The van der Waals surface area contributed by atoms with Crippen LogP contribution in [0.15, 0.2) is 55.0 Å². The van der Waals surface area contributed by atoms with Crippen molar-refractivity contribution in [2.75, 3.05) is 31.6 Å². The zero-order chi connectivity index (χ0) is 24.9. The lowest BCUT2D eigenvalue weighted by Gasteiger charge is -2.33. The molecule has 1 amide bonds. The number of fused-ring (bicyclic) bond motifs is 1. The van der Waals surface area contributed by atoms with E-state index in [0.29, 0.717) is 48.3 Å². The van der Waals surface area contributed by atoms with Crippen molar-refractivity contribution in [1.82, 2.24) is 24.8 Å². The summed E-state index contributed by atoms with van der Waals surface area (Å²) in [5.74, 6) is 0.0977. The number of pyridine rings is 1. The van der Waals surface area contributed by atoms with E-state index in [1.165, 1.54) is 0 Å². The fraction of sp³-hybridized carbons (Fsp3) is 0.308. The van der Waals surface area contributed by atoms with E-state index >= 15 is 0 Å². The lowest BCUT2D eigenvalue weighted by atomic mass is 9.98. The van der Waals surface area contributed by atoms with E-state index < -0.39 is 5.82 Å². The van der Waals surface area contributed by atoms with Gasteiger partial charge in [0, 0.05) is 43.0 Å². The van der Waals surface area contributed by atoms with E-state index in [2.05, 4.69) is 25.3 Å².